The minimum atomic E-state index is -0.0510. The van der Waals surface area contributed by atoms with Gasteiger partial charge in [0.05, 0.1) is 6.10 Å². The molecule has 0 amide bonds. The third-order valence-electron chi connectivity index (χ3n) is 3.59. The average Bonchev–Trinajstić information content (AvgIpc) is 2.30. The van der Waals surface area contributed by atoms with Crippen molar-refractivity contribution in [1.29, 1.82) is 0 Å². The molecule has 2 heteroatoms. The number of aliphatic hydroxyl groups excluding tert-OH is 1. The van der Waals surface area contributed by atoms with E-state index in [4.69, 9.17) is 0 Å². The van der Waals surface area contributed by atoms with E-state index in [9.17, 15) is 10.2 Å². The van der Waals surface area contributed by atoms with Crippen LogP contribution in [0.25, 0.3) is 0 Å². The van der Waals surface area contributed by atoms with Crippen LogP contribution in [0.4, 0.5) is 0 Å². The first-order chi connectivity index (χ1) is 7.74. The predicted octanol–water partition coefficient (Wildman–Crippen LogP) is 2.88. The third-order valence-corrected chi connectivity index (χ3v) is 3.59. The summed E-state index contributed by atoms with van der Waals surface area (Å²) in [5, 5.41) is 18.6. The summed E-state index contributed by atoms with van der Waals surface area (Å²) in [4.78, 5) is 0. The molecule has 0 bridgehead atoms. The van der Waals surface area contributed by atoms with Crippen LogP contribution >= 0.6 is 0 Å². The number of hydrogen-bond acceptors (Lipinski definition) is 2. The van der Waals surface area contributed by atoms with Crippen LogP contribution in [0.2, 0.25) is 0 Å². The molecule has 88 valence electrons. The zero-order valence-electron chi connectivity index (χ0n) is 9.60. The largest absolute Gasteiger partial charge is 0.508 e. The van der Waals surface area contributed by atoms with E-state index in [2.05, 4.69) is 0 Å². The number of phenols is 1. The minimum absolute atomic E-state index is 0.0510. The number of aryl methyl sites for hydroxylation is 1. The standard InChI is InChI=1S/C14H20O2/c15-13-7-3-11(4-8-13)1-2-12-5-9-14(16)10-6-12/h3-4,7-8,12,14-16H,1-2,5-6,9-10H2/t12-,14-. The first kappa shape index (κ1) is 11.5. The van der Waals surface area contributed by atoms with E-state index in [0.29, 0.717) is 5.75 Å². The molecule has 0 aromatic heterocycles. The summed E-state index contributed by atoms with van der Waals surface area (Å²) < 4.78 is 0. The molecule has 2 nitrogen and oxygen atoms in total. The summed E-state index contributed by atoms with van der Waals surface area (Å²) in [7, 11) is 0. The molecule has 2 rings (SSSR count). The van der Waals surface area contributed by atoms with Gasteiger partial charge in [0.15, 0.2) is 0 Å². The van der Waals surface area contributed by atoms with Crippen LogP contribution in [0, 0.1) is 5.92 Å². The Balaban J connectivity index is 1.77. The van der Waals surface area contributed by atoms with Crippen LogP contribution in [-0.2, 0) is 6.42 Å². The second kappa shape index (κ2) is 5.35. The smallest absolute Gasteiger partial charge is 0.115 e. The summed E-state index contributed by atoms with van der Waals surface area (Å²) in [5.74, 6) is 1.11. The van der Waals surface area contributed by atoms with Crippen molar-refractivity contribution in [1.82, 2.24) is 0 Å². The highest BCUT2D eigenvalue weighted by atomic mass is 16.3. The molecule has 1 fully saturated rings. The molecule has 0 atom stereocenters. The Hall–Kier alpha value is -1.02. The maximum atomic E-state index is 9.41. The molecule has 16 heavy (non-hydrogen) atoms. The van der Waals surface area contributed by atoms with Gasteiger partial charge in [-0.25, -0.2) is 0 Å². The van der Waals surface area contributed by atoms with Crippen molar-refractivity contribution in [2.24, 2.45) is 5.92 Å². The minimum Gasteiger partial charge on any atom is -0.508 e. The second-order valence-corrected chi connectivity index (χ2v) is 4.88. The van der Waals surface area contributed by atoms with Gasteiger partial charge in [-0.05, 0) is 62.1 Å². The van der Waals surface area contributed by atoms with Crippen molar-refractivity contribution in [3.05, 3.63) is 29.8 Å². The molecule has 0 unspecified atom stereocenters. The van der Waals surface area contributed by atoms with Gasteiger partial charge in [-0.2, -0.15) is 0 Å². The normalized spacial score (nSPS) is 25.6. The highest BCUT2D eigenvalue weighted by Crippen LogP contribution is 2.28. The predicted molar refractivity (Wildman–Crippen MR) is 64.4 cm³/mol. The Kier molecular flexibility index (Phi) is 3.83. The maximum Gasteiger partial charge on any atom is 0.115 e. The molecule has 0 heterocycles. The summed E-state index contributed by atoms with van der Waals surface area (Å²) in [6, 6.07) is 7.49. The Labute approximate surface area is 96.9 Å². The fraction of sp³-hybridized carbons (Fsp3) is 0.571. The van der Waals surface area contributed by atoms with E-state index in [-0.39, 0.29) is 6.10 Å². The van der Waals surface area contributed by atoms with Gasteiger partial charge in [0.25, 0.3) is 0 Å². The third kappa shape index (κ3) is 3.24. The van der Waals surface area contributed by atoms with Crippen LogP contribution in [0.15, 0.2) is 24.3 Å². The monoisotopic (exact) mass is 220 g/mol. The zero-order valence-corrected chi connectivity index (χ0v) is 9.60. The second-order valence-electron chi connectivity index (χ2n) is 4.88. The molecule has 1 aliphatic carbocycles. The van der Waals surface area contributed by atoms with Gasteiger partial charge < -0.3 is 10.2 Å². The summed E-state index contributed by atoms with van der Waals surface area (Å²) in [6.45, 7) is 0. The van der Waals surface area contributed by atoms with Crippen LogP contribution in [-0.4, -0.2) is 16.3 Å². The van der Waals surface area contributed by atoms with Crippen molar-refractivity contribution >= 4 is 0 Å². The van der Waals surface area contributed by atoms with Crippen LogP contribution in [0.3, 0.4) is 0 Å². The first-order valence-electron chi connectivity index (χ1n) is 6.20. The van der Waals surface area contributed by atoms with E-state index in [1.165, 1.54) is 24.8 Å². The van der Waals surface area contributed by atoms with E-state index in [1.807, 2.05) is 12.1 Å². The molecule has 0 spiro atoms. The summed E-state index contributed by atoms with van der Waals surface area (Å²) in [5.41, 5.74) is 1.30. The zero-order chi connectivity index (χ0) is 11.4. The van der Waals surface area contributed by atoms with Crippen LogP contribution in [0.1, 0.15) is 37.7 Å². The summed E-state index contributed by atoms with van der Waals surface area (Å²) >= 11 is 0. The van der Waals surface area contributed by atoms with E-state index in [1.54, 1.807) is 12.1 Å². The lowest BCUT2D eigenvalue weighted by Crippen LogP contribution is -2.18. The van der Waals surface area contributed by atoms with Gasteiger partial charge in [-0.3, -0.25) is 0 Å². The molecule has 0 aliphatic heterocycles. The summed E-state index contributed by atoms with van der Waals surface area (Å²) in [6.07, 6.45) is 6.52. The van der Waals surface area contributed by atoms with Gasteiger partial charge in [0.1, 0.15) is 5.75 Å². The lowest BCUT2D eigenvalue weighted by atomic mass is 9.84. The number of benzene rings is 1. The van der Waals surface area contributed by atoms with Crippen molar-refractivity contribution in [2.75, 3.05) is 0 Å². The number of aromatic hydroxyl groups is 1. The number of phenolic OH excluding ortho intramolecular Hbond substituents is 1. The van der Waals surface area contributed by atoms with Crippen molar-refractivity contribution in [3.63, 3.8) is 0 Å². The maximum absolute atomic E-state index is 9.41. The highest BCUT2D eigenvalue weighted by molar-refractivity contribution is 5.25. The van der Waals surface area contributed by atoms with E-state index in [0.717, 1.165) is 25.2 Å². The lowest BCUT2D eigenvalue weighted by Gasteiger charge is -2.25. The molecule has 0 radical (unpaired) electrons. The van der Waals surface area contributed by atoms with Gasteiger partial charge in [0.2, 0.25) is 0 Å². The van der Waals surface area contributed by atoms with Gasteiger partial charge in [-0.1, -0.05) is 12.1 Å². The molecule has 1 aromatic carbocycles. The van der Waals surface area contributed by atoms with Crippen LogP contribution < -0.4 is 0 Å². The molecule has 2 N–H and O–H groups in total. The highest BCUT2D eigenvalue weighted by Gasteiger charge is 2.18. The Morgan fingerprint density at radius 2 is 1.62 bits per heavy atom. The van der Waals surface area contributed by atoms with Crippen LogP contribution in [0.5, 0.6) is 5.75 Å². The van der Waals surface area contributed by atoms with Crippen molar-refractivity contribution in [2.45, 2.75) is 44.6 Å². The SMILES string of the molecule is Oc1ccc(CC[C@H]2CC[C@H](O)CC2)cc1. The average molecular weight is 220 g/mol. The molecule has 1 saturated carbocycles. The van der Waals surface area contributed by atoms with Crippen molar-refractivity contribution < 1.29 is 10.2 Å². The van der Waals surface area contributed by atoms with E-state index >= 15 is 0 Å². The topological polar surface area (TPSA) is 40.5 Å². The molecular weight excluding hydrogens is 200 g/mol. The molecule has 1 aliphatic rings. The Morgan fingerprint density at radius 1 is 1.00 bits per heavy atom. The van der Waals surface area contributed by atoms with Crippen molar-refractivity contribution in [3.8, 4) is 5.75 Å². The first-order valence-corrected chi connectivity index (χ1v) is 6.20. The van der Waals surface area contributed by atoms with Gasteiger partial charge >= 0.3 is 0 Å². The van der Waals surface area contributed by atoms with E-state index < -0.39 is 0 Å². The molecule has 1 aromatic rings. The fourth-order valence-corrected chi connectivity index (χ4v) is 2.47. The number of aliphatic hydroxyl groups is 1. The Bertz CT molecular complexity index is 310. The number of rotatable bonds is 3. The molecule has 0 saturated heterocycles. The quantitative estimate of drug-likeness (QED) is 0.822. The molecular formula is C14H20O2. The van der Waals surface area contributed by atoms with Gasteiger partial charge in [0, 0.05) is 0 Å². The Morgan fingerprint density at radius 3 is 2.25 bits per heavy atom. The number of hydrogen-bond donors (Lipinski definition) is 2. The fourth-order valence-electron chi connectivity index (χ4n) is 2.47. The lowest BCUT2D eigenvalue weighted by molar-refractivity contribution is 0.106. The van der Waals surface area contributed by atoms with Gasteiger partial charge in [-0.15, -0.1) is 0 Å².